The number of carbonyl (C=O) groups excluding carboxylic acids is 1. The van der Waals surface area contributed by atoms with E-state index in [-0.39, 0.29) is 10.7 Å². The lowest BCUT2D eigenvalue weighted by molar-refractivity contribution is -0.137. The molecule has 0 fully saturated rings. The number of benzene rings is 1. The summed E-state index contributed by atoms with van der Waals surface area (Å²) >= 11 is 5.59. The van der Waals surface area contributed by atoms with Crippen LogP contribution >= 0.6 is 11.6 Å². The van der Waals surface area contributed by atoms with Gasteiger partial charge in [-0.05, 0) is 18.2 Å². The molecule has 1 rings (SSSR count). The molecule has 0 saturated heterocycles. The second-order valence-corrected chi connectivity index (χ2v) is 3.76. The van der Waals surface area contributed by atoms with E-state index in [9.17, 15) is 22.8 Å². The summed E-state index contributed by atoms with van der Waals surface area (Å²) in [6, 6.07) is 2.40. The van der Waals surface area contributed by atoms with E-state index in [0.29, 0.717) is 12.1 Å². The summed E-state index contributed by atoms with van der Waals surface area (Å²) in [5, 5.41) is 10.1. The van der Waals surface area contributed by atoms with Gasteiger partial charge in [-0.2, -0.15) is 13.2 Å². The summed E-state index contributed by atoms with van der Waals surface area (Å²) in [4.78, 5) is 21.4. The molecule has 0 bridgehead atoms. The average Bonchev–Trinajstić information content (AvgIpc) is 2.27. The molecule has 8 heteroatoms. The van der Waals surface area contributed by atoms with Gasteiger partial charge in [-0.25, -0.2) is 4.79 Å². The monoisotopic (exact) mass is 293 g/mol. The topological polar surface area (TPSA) is 66.4 Å². The highest BCUT2D eigenvalue weighted by molar-refractivity contribution is 6.33. The zero-order valence-corrected chi connectivity index (χ0v) is 9.92. The van der Waals surface area contributed by atoms with Gasteiger partial charge >= 0.3 is 12.1 Å². The highest BCUT2D eigenvalue weighted by Gasteiger charge is 2.30. The van der Waals surface area contributed by atoms with E-state index in [4.69, 9.17) is 16.7 Å². The van der Waals surface area contributed by atoms with Crippen LogP contribution < -0.4 is 5.32 Å². The molecule has 2 N–H and O–H groups in total. The molecule has 0 aromatic heterocycles. The Hall–Kier alpha value is -2.02. The Labute approximate surface area is 110 Å². The van der Waals surface area contributed by atoms with Crippen molar-refractivity contribution in [2.24, 2.45) is 0 Å². The van der Waals surface area contributed by atoms with Crippen molar-refractivity contribution in [1.29, 1.82) is 0 Å². The summed E-state index contributed by atoms with van der Waals surface area (Å²) in [5.74, 6) is -2.14. The number of alkyl halides is 3. The molecule has 0 aliphatic heterocycles. The number of hydrogen-bond acceptors (Lipinski definition) is 2. The van der Waals surface area contributed by atoms with Crippen LogP contribution in [0, 0.1) is 0 Å². The maximum Gasteiger partial charge on any atom is 0.416 e. The fourth-order valence-corrected chi connectivity index (χ4v) is 1.34. The van der Waals surface area contributed by atoms with Gasteiger partial charge in [0.15, 0.2) is 0 Å². The van der Waals surface area contributed by atoms with Crippen LogP contribution in [0.1, 0.15) is 5.56 Å². The molecule has 1 aromatic carbocycles. The number of anilines is 1. The highest BCUT2D eigenvalue weighted by Crippen LogP contribution is 2.33. The molecule has 0 aliphatic rings. The number of halogens is 4. The first-order valence-corrected chi connectivity index (χ1v) is 5.16. The third kappa shape index (κ3) is 4.63. The molecular formula is C11H7ClF3NO3. The largest absolute Gasteiger partial charge is 0.478 e. The Morgan fingerprint density at radius 2 is 1.89 bits per heavy atom. The molecule has 0 unspecified atom stereocenters. The van der Waals surface area contributed by atoms with Crippen LogP contribution in [0.4, 0.5) is 18.9 Å². The molecule has 0 aliphatic carbocycles. The summed E-state index contributed by atoms with van der Waals surface area (Å²) in [6.07, 6.45) is -3.22. The van der Waals surface area contributed by atoms with Crippen molar-refractivity contribution in [2.75, 3.05) is 5.32 Å². The molecule has 0 heterocycles. The van der Waals surface area contributed by atoms with Crippen LogP contribution in [0.3, 0.4) is 0 Å². The van der Waals surface area contributed by atoms with Crippen molar-refractivity contribution in [2.45, 2.75) is 6.18 Å². The van der Waals surface area contributed by atoms with Crippen LogP contribution in [0.2, 0.25) is 5.02 Å². The molecule has 0 spiro atoms. The lowest BCUT2D eigenvalue weighted by Crippen LogP contribution is -2.10. The van der Waals surface area contributed by atoms with Gasteiger partial charge in [-0.1, -0.05) is 11.6 Å². The highest BCUT2D eigenvalue weighted by atomic mass is 35.5. The predicted molar refractivity (Wildman–Crippen MR) is 61.9 cm³/mol. The van der Waals surface area contributed by atoms with E-state index < -0.39 is 23.6 Å². The summed E-state index contributed by atoms with van der Waals surface area (Å²) in [7, 11) is 0. The SMILES string of the molecule is O=C(O)/C=C/C(=O)Nc1ccc(C(F)(F)F)cc1Cl. The lowest BCUT2D eigenvalue weighted by atomic mass is 10.2. The third-order valence-corrected chi connectivity index (χ3v) is 2.24. The number of carboxylic acid groups (broad SMARTS) is 1. The molecule has 102 valence electrons. The minimum Gasteiger partial charge on any atom is -0.478 e. The van der Waals surface area contributed by atoms with E-state index in [1.807, 2.05) is 0 Å². The number of carboxylic acids is 1. The van der Waals surface area contributed by atoms with Gasteiger partial charge in [0.25, 0.3) is 0 Å². The Balaban J connectivity index is 2.87. The van der Waals surface area contributed by atoms with Gasteiger partial charge in [0.2, 0.25) is 5.91 Å². The van der Waals surface area contributed by atoms with Crippen LogP contribution in [-0.2, 0) is 15.8 Å². The first-order chi connectivity index (χ1) is 8.70. The van der Waals surface area contributed by atoms with Crippen molar-refractivity contribution in [3.63, 3.8) is 0 Å². The number of carbonyl (C=O) groups is 2. The van der Waals surface area contributed by atoms with Gasteiger partial charge in [0.1, 0.15) is 0 Å². The molecule has 0 radical (unpaired) electrons. The Morgan fingerprint density at radius 3 is 2.37 bits per heavy atom. The van der Waals surface area contributed by atoms with Crippen LogP contribution in [0.15, 0.2) is 30.4 Å². The van der Waals surface area contributed by atoms with Crippen molar-refractivity contribution in [3.05, 3.63) is 40.9 Å². The fourth-order valence-electron chi connectivity index (χ4n) is 1.11. The maximum absolute atomic E-state index is 12.3. The molecule has 1 amide bonds. The minimum absolute atomic E-state index is 0.0466. The molecule has 0 atom stereocenters. The number of hydrogen-bond donors (Lipinski definition) is 2. The second kappa shape index (κ2) is 5.75. The molecule has 1 aromatic rings. The quantitative estimate of drug-likeness (QED) is 0.842. The van der Waals surface area contributed by atoms with E-state index in [0.717, 1.165) is 18.2 Å². The van der Waals surface area contributed by atoms with Crippen LogP contribution in [-0.4, -0.2) is 17.0 Å². The molecule has 19 heavy (non-hydrogen) atoms. The van der Waals surface area contributed by atoms with Crippen molar-refractivity contribution in [3.8, 4) is 0 Å². The van der Waals surface area contributed by atoms with Gasteiger partial charge in [0.05, 0.1) is 16.3 Å². The van der Waals surface area contributed by atoms with E-state index in [2.05, 4.69) is 5.32 Å². The lowest BCUT2D eigenvalue weighted by Gasteiger charge is -2.10. The maximum atomic E-state index is 12.3. The van der Waals surface area contributed by atoms with Gasteiger partial charge in [-0.3, -0.25) is 4.79 Å². The Bertz CT molecular complexity index is 540. The first-order valence-electron chi connectivity index (χ1n) is 4.79. The van der Waals surface area contributed by atoms with Gasteiger partial charge < -0.3 is 10.4 Å². The Kier molecular flexibility index (Phi) is 4.55. The smallest absolute Gasteiger partial charge is 0.416 e. The Morgan fingerprint density at radius 1 is 1.26 bits per heavy atom. The van der Waals surface area contributed by atoms with Crippen molar-refractivity contribution < 1.29 is 27.9 Å². The van der Waals surface area contributed by atoms with Gasteiger partial charge in [0, 0.05) is 12.2 Å². The van der Waals surface area contributed by atoms with Crippen molar-refractivity contribution >= 4 is 29.2 Å². The normalized spacial score (nSPS) is 11.6. The first kappa shape index (κ1) is 15.0. The van der Waals surface area contributed by atoms with Gasteiger partial charge in [-0.15, -0.1) is 0 Å². The van der Waals surface area contributed by atoms with E-state index in [1.165, 1.54) is 0 Å². The zero-order valence-electron chi connectivity index (χ0n) is 9.16. The second-order valence-electron chi connectivity index (χ2n) is 3.35. The number of nitrogens with one attached hydrogen (secondary N) is 1. The fraction of sp³-hybridized carbons (Fsp3) is 0.0909. The number of rotatable bonds is 3. The van der Waals surface area contributed by atoms with E-state index >= 15 is 0 Å². The van der Waals surface area contributed by atoms with Crippen molar-refractivity contribution in [1.82, 2.24) is 0 Å². The predicted octanol–water partition coefficient (Wildman–Crippen LogP) is 2.94. The zero-order chi connectivity index (χ0) is 14.6. The standard InChI is InChI=1S/C11H7ClF3NO3/c12-7-5-6(11(13,14)15)1-2-8(7)16-9(17)3-4-10(18)19/h1-5H,(H,16,17)(H,18,19)/b4-3+. The summed E-state index contributed by atoms with van der Waals surface area (Å²) < 4.78 is 37.0. The number of aliphatic carboxylic acids is 1. The average molecular weight is 294 g/mol. The minimum atomic E-state index is -4.53. The molecule has 4 nitrogen and oxygen atoms in total. The molecule has 0 saturated carbocycles. The van der Waals surface area contributed by atoms with Crippen LogP contribution in [0.5, 0.6) is 0 Å². The summed E-state index contributed by atoms with van der Waals surface area (Å²) in [5.41, 5.74) is -0.994. The third-order valence-electron chi connectivity index (χ3n) is 1.93. The van der Waals surface area contributed by atoms with E-state index in [1.54, 1.807) is 0 Å². The van der Waals surface area contributed by atoms with Crippen LogP contribution in [0.25, 0.3) is 0 Å². The molecular weight excluding hydrogens is 287 g/mol. The summed E-state index contributed by atoms with van der Waals surface area (Å²) in [6.45, 7) is 0. The number of amides is 1.